The Bertz CT molecular complexity index is 241. The van der Waals surface area contributed by atoms with Gasteiger partial charge in [-0.2, -0.15) is 0 Å². The SMILES string of the molecule is CC(=O)OC[CH]c1ccccc1. The van der Waals surface area contributed by atoms with Gasteiger partial charge in [-0.15, -0.1) is 0 Å². The number of rotatable bonds is 3. The van der Waals surface area contributed by atoms with Gasteiger partial charge in [-0.1, -0.05) is 30.3 Å². The smallest absolute Gasteiger partial charge is 0.302 e. The fourth-order valence-corrected chi connectivity index (χ4v) is 0.844. The van der Waals surface area contributed by atoms with Crippen LogP contribution in [0.5, 0.6) is 0 Å². The molecule has 0 unspecified atom stereocenters. The van der Waals surface area contributed by atoms with Crippen LogP contribution in [0.4, 0.5) is 0 Å². The van der Waals surface area contributed by atoms with Gasteiger partial charge in [0.15, 0.2) is 0 Å². The van der Waals surface area contributed by atoms with Crippen molar-refractivity contribution in [3.8, 4) is 0 Å². The van der Waals surface area contributed by atoms with E-state index in [0.29, 0.717) is 6.61 Å². The largest absolute Gasteiger partial charge is 0.465 e. The van der Waals surface area contributed by atoms with Gasteiger partial charge in [-0.25, -0.2) is 0 Å². The molecule has 63 valence electrons. The van der Waals surface area contributed by atoms with Crippen LogP contribution in [0.15, 0.2) is 30.3 Å². The van der Waals surface area contributed by atoms with Crippen molar-refractivity contribution in [2.24, 2.45) is 0 Å². The molecule has 1 radical (unpaired) electrons. The summed E-state index contributed by atoms with van der Waals surface area (Å²) in [6.45, 7) is 1.75. The summed E-state index contributed by atoms with van der Waals surface area (Å²) in [7, 11) is 0. The Morgan fingerprint density at radius 3 is 2.67 bits per heavy atom. The van der Waals surface area contributed by atoms with Gasteiger partial charge in [0.2, 0.25) is 0 Å². The third kappa shape index (κ3) is 3.19. The molecule has 12 heavy (non-hydrogen) atoms. The Hall–Kier alpha value is -1.31. The fourth-order valence-electron chi connectivity index (χ4n) is 0.844. The van der Waals surface area contributed by atoms with Crippen LogP contribution in [-0.4, -0.2) is 12.6 Å². The molecule has 0 heterocycles. The van der Waals surface area contributed by atoms with Gasteiger partial charge >= 0.3 is 5.97 Å². The predicted octanol–water partition coefficient (Wildman–Crippen LogP) is 1.80. The monoisotopic (exact) mass is 163 g/mol. The molecule has 0 aliphatic carbocycles. The van der Waals surface area contributed by atoms with Crippen molar-refractivity contribution in [1.82, 2.24) is 0 Å². The number of carbonyl (C=O) groups is 1. The minimum atomic E-state index is -0.248. The summed E-state index contributed by atoms with van der Waals surface area (Å²) in [5, 5.41) is 0. The Morgan fingerprint density at radius 1 is 1.42 bits per heavy atom. The van der Waals surface area contributed by atoms with Gasteiger partial charge in [0.05, 0.1) is 6.61 Å². The van der Waals surface area contributed by atoms with E-state index in [0.717, 1.165) is 5.56 Å². The molecular formula is C10H11O2. The molecule has 0 bridgehead atoms. The molecule has 2 nitrogen and oxygen atoms in total. The highest BCUT2D eigenvalue weighted by Gasteiger charge is 1.94. The summed E-state index contributed by atoms with van der Waals surface area (Å²) in [5.74, 6) is -0.248. The number of esters is 1. The number of hydrogen-bond acceptors (Lipinski definition) is 2. The Labute approximate surface area is 72.2 Å². The van der Waals surface area contributed by atoms with Crippen LogP contribution in [0.1, 0.15) is 12.5 Å². The van der Waals surface area contributed by atoms with Crippen LogP contribution in [0, 0.1) is 6.42 Å². The molecule has 2 heteroatoms. The van der Waals surface area contributed by atoms with Crippen molar-refractivity contribution in [2.45, 2.75) is 6.92 Å². The average molecular weight is 163 g/mol. The lowest BCUT2D eigenvalue weighted by atomic mass is 10.2. The maximum Gasteiger partial charge on any atom is 0.302 e. The Morgan fingerprint density at radius 2 is 2.08 bits per heavy atom. The van der Waals surface area contributed by atoms with Crippen molar-refractivity contribution in [2.75, 3.05) is 6.61 Å². The quantitative estimate of drug-likeness (QED) is 0.635. The summed E-state index contributed by atoms with van der Waals surface area (Å²) in [6.07, 6.45) is 1.86. The minimum Gasteiger partial charge on any atom is -0.465 e. The standard InChI is InChI=1S/C10H11O2/c1-9(11)12-8-7-10-5-3-2-4-6-10/h2-7H,8H2,1H3. The summed E-state index contributed by atoms with van der Waals surface area (Å²) in [4.78, 5) is 10.4. The first-order valence-electron chi connectivity index (χ1n) is 3.80. The lowest BCUT2D eigenvalue weighted by molar-refractivity contribution is -0.139. The molecule has 0 spiro atoms. The molecule has 0 aliphatic heterocycles. The maximum absolute atomic E-state index is 10.4. The van der Waals surface area contributed by atoms with E-state index < -0.39 is 0 Å². The van der Waals surface area contributed by atoms with E-state index >= 15 is 0 Å². The highest BCUT2D eigenvalue weighted by Crippen LogP contribution is 2.01. The molecule has 0 amide bonds. The molecule has 0 aromatic heterocycles. The summed E-state index contributed by atoms with van der Waals surface area (Å²) >= 11 is 0. The minimum absolute atomic E-state index is 0.248. The first kappa shape index (κ1) is 8.78. The van der Waals surface area contributed by atoms with E-state index in [1.54, 1.807) is 0 Å². The Kier molecular flexibility index (Phi) is 3.33. The lowest BCUT2D eigenvalue weighted by Crippen LogP contribution is -2.01. The van der Waals surface area contributed by atoms with Gasteiger partial charge in [-0.05, 0) is 5.56 Å². The van der Waals surface area contributed by atoms with Crippen molar-refractivity contribution in [3.63, 3.8) is 0 Å². The molecule has 0 N–H and O–H groups in total. The molecule has 1 rings (SSSR count). The van der Waals surface area contributed by atoms with Crippen molar-refractivity contribution < 1.29 is 9.53 Å². The van der Waals surface area contributed by atoms with Crippen molar-refractivity contribution in [1.29, 1.82) is 0 Å². The van der Waals surface area contributed by atoms with Crippen LogP contribution < -0.4 is 0 Å². The zero-order chi connectivity index (χ0) is 8.81. The zero-order valence-corrected chi connectivity index (χ0v) is 6.99. The van der Waals surface area contributed by atoms with Crippen LogP contribution in [0.3, 0.4) is 0 Å². The first-order chi connectivity index (χ1) is 5.79. The number of benzene rings is 1. The summed E-state index contributed by atoms with van der Waals surface area (Å²) in [5.41, 5.74) is 1.07. The Balaban J connectivity index is 2.29. The van der Waals surface area contributed by atoms with Gasteiger partial charge < -0.3 is 4.74 Å². The number of hydrogen-bond donors (Lipinski definition) is 0. The van der Waals surface area contributed by atoms with Crippen LogP contribution in [-0.2, 0) is 9.53 Å². The summed E-state index contributed by atoms with van der Waals surface area (Å²) in [6, 6.07) is 9.76. The fraction of sp³-hybridized carbons (Fsp3) is 0.200. The van der Waals surface area contributed by atoms with E-state index in [1.165, 1.54) is 6.92 Å². The van der Waals surface area contributed by atoms with Gasteiger partial charge in [0, 0.05) is 13.3 Å². The van der Waals surface area contributed by atoms with Crippen LogP contribution in [0.2, 0.25) is 0 Å². The number of carbonyl (C=O) groups excluding carboxylic acids is 1. The second kappa shape index (κ2) is 4.54. The molecule has 0 atom stereocenters. The normalized spacial score (nSPS) is 9.42. The van der Waals surface area contributed by atoms with Gasteiger partial charge in [0.25, 0.3) is 0 Å². The van der Waals surface area contributed by atoms with Gasteiger partial charge in [-0.3, -0.25) is 4.79 Å². The average Bonchev–Trinajstić information content (AvgIpc) is 2.05. The third-order valence-electron chi connectivity index (χ3n) is 1.41. The van der Waals surface area contributed by atoms with E-state index in [-0.39, 0.29) is 5.97 Å². The zero-order valence-electron chi connectivity index (χ0n) is 6.99. The molecule has 0 aliphatic rings. The first-order valence-corrected chi connectivity index (χ1v) is 3.80. The lowest BCUT2D eigenvalue weighted by Gasteiger charge is -2.00. The second-order valence-corrected chi connectivity index (χ2v) is 2.42. The topological polar surface area (TPSA) is 26.3 Å². The van der Waals surface area contributed by atoms with Crippen LogP contribution >= 0.6 is 0 Å². The van der Waals surface area contributed by atoms with E-state index in [1.807, 2.05) is 36.8 Å². The molecule has 0 fully saturated rings. The predicted molar refractivity (Wildman–Crippen MR) is 46.5 cm³/mol. The molecule has 1 aromatic carbocycles. The maximum atomic E-state index is 10.4. The highest BCUT2D eigenvalue weighted by atomic mass is 16.5. The van der Waals surface area contributed by atoms with Gasteiger partial charge in [0.1, 0.15) is 0 Å². The van der Waals surface area contributed by atoms with E-state index in [9.17, 15) is 4.79 Å². The van der Waals surface area contributed by atoms with E-state index in [4.69, 9.17) is 4.74 Å². The molecular weight excluding hydrogens is 152 g/mol. The van der Waals surface area contributed by atoms with Crippen LogP contribution in [0.25, 0.3) is 0 Å². The second-order valence-electron chi connectivity index (χ2n) is 2.42. The molecule has 0 saturated heterocycles. The highest BCUT2D eigenvalue weighted by molar-refractivity contribution is 5.66. The molecule has 1 aromatic rings. The number of ether oxygens (including phenoxy) is 1. The van der Waals surface area contributed by atoms with Crippen molar-refractivity contribution >= 4 is 5.97 Å². The molecule has 0 saturated carbocycles. The van der Waals surface area contributed by atoms with E-state index in [2.05, 4.69) is 0 Å². The summed E-state index contributed by atoms with van der Waals surface area (Å²) < 4.78 is 4.75. The third-order valence-corrected chi connectivity index (χ3v) is 1.41. The van der Waals surface area contributed by atoms with Crippen molar-refractivity contribution in [3.05, 3.63) is 42.3 Å².